The predicted octanol–water partition coefficient (Wildman–Crippen LogP) is 4.03. The van der Waals surface area contributed by atoms with Crippen LogP contribution < -0.4 is 10.5 Å². The van der Waals surface area contributed by atoms with Crippen LogP contribution in [0.15, 0.2) is 48.5 Å². The topological polar surface area (TPSA) is 35.2 Å². The first kappa shape index (κ1) is 14.6. The quantitative estimate of drug-likeness (QED) is 0.889. The van der Waals surface area contributed by atoms with Crippen molar-refractivity contribution in [2.24, 2.45) is 5.73 Å². The summed E-state index contributed by atoms with van der Waals surface area (Å²) < 4.78 is 5.74. The fraction of sp³-hybridized carbons (Fsp3) is 0.333. The second-order valence-electron chi connectivity index (χ2n) is 5.57. The number of ether oxygens (including phenoxy) is 1. The largest absolute Gasteiger partial charge is 0.491 e. The molecule has 2 aromatic carbocycles. The highest BCUT2D eigenvalue weighted by Crippen LogP contribution is 2.25. The molecule has 0 bridgehead atoms. The Morgan fingerprint density at radius 2 is 1.65 bits per heavy atom. The van der Waals surface area contributed by atoms with E-state index in [9.17, 15) is 0 Å². The van der Waals surface area contributed by atoms with E-state index in [2.05, 4.69) is 36.4 Å². The molecular weight excluding hydrogens is 246 g/mol. The SMILES string of the molecule is CC(N)Cc1ccc(-c2cccc(OC(C)C)c2)cc1. The van der Waals surface area contributed by atoms with Gasteiger partial charge in [0.05, 0.1) is 6.10 Å². The highest BCUT2D eigenvalue weighted by molar-refractivity contribution is 5.65. The number of hydrogen-bond donors (Lipinski definition) is 1. The lowest BCUT2D eigenvalue weighted by Crippen LogP contribution is -2.17. The van der Waals surface area contributed by atoms with E-state index in [4.69, 9.17) is 10.5 Å². The van der Waals surface area contributed by atoms with Gasteiger partial charge in [-0.25, -0.2) is 0 Å². The first-order chi connectivity index (χ1) is 9.54. The van der Waals surface area contributed by atoms with Crippen molar-refractivity contribution in [1.82, 2.24) is 0 Å². The van der Waals surface area contributed by atoms with Crippen molar-refractivity contribution in [3.05, 3.63) is 54.1 Å². The second kappa shape index (κ2) is 6.58. The fourth-order valence-electron chi connectivity index (χ4n) is 2.23. The van der Waals surface area contributed by atoms with Crippen molar-refractivity contribution in [2.75, 3.05) is 0 Å². The standard InChI is InChI=1S/C18H23NO/c1-13(2)20-18-6-4-5-17(12-18)16-9-7-15(8-10-16)11-14(3)19/h4-10,12-14H,11,19H2,1-3H3. The van der Waals surface area contributed by atoms with Gasteiger partial charge in [0.25, 0.3) is 0 Å². The van der Waals surface area contributed by atoms with Crippen molar-refractivity contribution in [3.8, 4) is 16.9 Å². The van der Waals surface area contributed by atoms with Crippen molar-refractivity contribution < 1.29 is 4.74 Å². The molecule has 2 N–H and O–H groups in total. The number of hydrogen-bond acceptors (Lipinski definition) is 2. The molecule has 0 amide bonds. The van der Waals surface area contributed by atoms with Gasteiger partial charge in [-0.2, -0.15) is 0 Å². The van der Waals surface area contributed by atoms with Gasteiger partial charge >= 0.3 is 0 Å². The summed E-state index contributed by atoms with van der Waals surface area (Å²) in [5, 5.41) is 0. The molecule has 2 rings (SSSR count). The molecule has 1 atom stereocenters. The maximum atomic E-state index is 5.82. The highest BCUT2D eigenvalue weighted by atomic mass is 16.5. The van der Waals surface area contributed by atoms with E-state index in [1.165, 1.54) is 16.7 Å². The summed E-state index contributed by atoms with van der Waals surface area (Å²) in [6.45, 7) is 6.10. The molecule has 2 nitrogen and oxygen atoms in total. The first-order valence-electron chi connectivity index (χ1n) is 7.16. The van der Waals surface area contributed by atoms with Crippen LogP contribution in [0.4, 0.5) is 0 Å². The third-order valence-corrected chi connectivity index (χ3v) is 3.05. The molecule has 0 fully saturated rings. The maximum absolute atomic E-state index is 5.82. The van der Waals surface area contributed by atoms with Crippen LogP contribution in [-0.2, 0) is 6.42 Å². The predicted molar refractivity (Wildman–Crippen MR) is 85.0 cm³/mol. The van der Waals surface area contributed by atoms with Crippen LogP contribution in [0.2, 0.25) is 0 Å². The van der Waals surface area contributed by atoms with Gasteiger partial charge in [-0.1, -0.05) is 36.4 Å². The molecule has 0 aliphatic rings. The van der Waals surface area contributed by atoms with Gasteiger partial charge in [-0.15, -0.1) is 0 Å². The van der Waals surface area contributed by atoms with Gasteiger partial charge in [-0.05, 0) is 56.0 Å². The number of benzene rings is 2. The molecule has 0 heterocycles. The summed E-state index contributed by atoms with van der Waals surface area (Å²) in [4.78, 5) is 0. The summed E-state index contributed by atoms with van der Waals surface area (Å²) in [6.07, 6.45) is 1.11. The molecule has 0 saturated heterocycles. The van der Waals surface area contributed by atoms with Crippen LogP contribution in [-0.4, -0.2) is 12.1 Å². The smallest absolute Gasteiger partial charge is 0.120 e. The van der Waals surface area contributed by atoms with Gasteiger partial charge in [0.1, 0.15) is 5.75 Å². The zero-order chi connectivity index (χ0) is 14.5. The minimum Gasteiger partial charge on any atom is -0.491 e. The van der Waals surface area contributed by atoms with Gasteiger partial charge in [-0.3, -0.25) is 0 Å². The molecule has 0 radical (unpaired) electrons. The maximum Gasteiger partial charge on any atom is 0.120 e. The zero-order valence-corrected chi connectivity index (χ0v) is 12.5. The van der Waals surface area contributed by atoms with E-state index in [1.54, 1.807) is 0 Å². The van der Waals surface area contributed by atoms with Crippen molar-refractivity contribution in [3.63, 3.8) is 0 Å². The minimum atomic E-state index is 0.193. The van der Waals surface area contributed by atoms with Gasteiger partial charge < -0.3 is 10.5 Å². The molecule has 0 saturated carbocycles. The first-order valence-corrected chi connectivity index (χ1v) is 7.16. The Balaban J connectivity index is 2.18. The van der Waals surface area contributed by atoms with Gasteiger partial charge in [0.15, 0.2) is 0 Å². The molecule has 2 heteroatoms. The molecule has 1 unspecified atom stereocenters. The Morgan fingerprint density at radius 1 is 0.950 bits per heavy atom. The van der Waals surface area contributed by atoms with Gasteiger partial charge in [0.2, 0.25) is 0 Å². The Hall–Kier alpha value is -1.80. The molecule has 2 aromatic rings. The van der Waals surface area contributed by atoms with E-state index in [0.717, 1.165) is 12.2 Å². The monoisotopic (exact) mass is 269 g/mol. The van der Waals surface area contributed by atoms with Gasteiger partial charge in [0, 0.05) is 6.04 Å². The van der Waals surface area contributed by atoms with Crippen LogP contribution >= 0.6 is 0 Å². The highest BCUT2D eigenvalue weighted by Gasteiger charge is 2.03. The van der Waals surface area contributed by atoms with Crippen molar-refractivity contribution in [2.45, 2.75) is 39.3 Å². The summed E-state index contributed by atoms with van der Waals surface area (Å²) in [7, 11) is 0. The molecular formula is C18H23NO. The van der Waals surface area contributed by atoms with Crippen molar-refractivity contribution in [1.29, 1.82) is 0 Å². The van der Waals surface area contributed by atoms with E-state index in [1.807, 2.05) is 32.9 Å². The van der Waals surface area contributed by atoms with E-state index in [0.29, 0.717) is 0 Å². The third kappa shape index (κ3) is 4.10. The lowest BCUT2D eigenvalue weighted by molar-refractivity contribution is 0.242. The lowest BCUT2D eigenvalue weighted by Gasteiger charge is -2.11. The molecule has 20 heavy (non-hydrogen) atoms. The lowest BCUT2D eigenvalue weighted by atomic mass is 10.0. The average molecular weight is 269 g/mol. The Bertz CT molecular complexity index is 544. The third-order valence-electron chi connectivity index (χ3n) is 3.05. The number of rotatable bonds is 5. The molecule has 0 aliphatic heterocycles. The van der Waals surface area contributed by atoms with E-state index < -0.39 is 0 Å². The van der Waals surface area contributed by atoms with Crippen LogP contribution in [0.5, 0.6) is 5.75 Å². The summed E-state index contributed by atoms with van der Waals surface area (Å²) in [5.41, 5.74) is 9.48. The fourth-order valence-corrected chi connectivity index (χ4v) is 2.23. The normalized spacial score (nSPS) is 12.4. The second-order valence-corrected chi connectivity index (χ2v) is 5.57. The van der Waals surface area contributed by atoms with E-state index >= 15 is 0 Å². The summed E-state index contributed by atoms with van der Waals surface area (Å²) in [6, 6.07) is 17.0. The van der Waals surface area contributed by atoms with Crippen molar-refractivity contribution >= 4 is 0 Å². The molecule has 0 aliphatic carbocycles. The molecule has 0 spiro atoms. The van der Waals surface area contributed by atoms with Crippen LogP contribution in [0.1, 0.15) is 26.3 Å². The minimum absolute atomic E-state index is 0.193. The Kier molecular flexibility index (Phi) is 4.80. The summed E-state index contributed by atoms with van der Waals surface area (Å²) >= 11 is 0. The summed E-state index contributed by atoms with van der Waals surface area (Å²) in [5.74, 6) is 0.914. The van der Waals surface area contributed by atoms with Crippen LogP contribution in [0.3, 0.4) is 0 Å². The zero-order valence-electron chi connectivity index (χ0n) is 12.5. The number of nitrogens with two attached hydrogens (primary N) is 1. The van der Waals surface area contributed by atoms with E-state index in [-0.39, 0.29) is 12.1 Å². The average Bonchev–Trinajstić information content (AvgIpc) is 2.38. The Labute approximate surface area is 121 Å². The Morgan fingerprint density at radius 3 is 2.25 bits per heavy atom. The molecule has 106 valence electrons. The van der Waals surface area contributed by atoms with Crippen LogP contribution in [0.25, 0.3) is 11.1 Å². The molecule has 0 aromatic heterocycles. The van der Waals surface area contributed by atoms with Crippen LogP contribution in [0, 0.1) is 0 Å².